The second kappa shape index (κ2) is 6.71. The van der Waals surface area contributed by atoms with Gasteiger partial charge in [-0.2, -0.15) is 0 Å². The number of benzene rings is 1. The molecule has 0 atom stereocenters. The predicted molar refractivity (Wildman–Crippen MR) is 82.6 cm³/mol. The van der Waals surface area contributed by atoms with Gasteiger partial charge in [-0.3, -0.25) is 4.79 Å². The van der Waals surface area contributed by atoms with E-state index >= 15 is 0 Å². The molecule has 0 saturated heterocycles. The van der Waals surface area contributed by atoms with Crippen molar-refractivity contribution < 1.29 is 13.2 Å². The highest BCUT2D eigenvalue weighted by molar-refractivity contribution is 7.89. The number of hydrogen-bond donors (Lipinski definition) is 0. The lowest BCUT2D eigenvalue weighted by Crippen LogP contribution is -2.23. The molecule has 0 heterocycles. The Bertz CT molecular complexity index is 602. The highest BCUT2D eigenvalue weighted by Crippen LogP contribution is 2.26. The van der Waals surface area contributed by atoms with Crippen LogP contribution in [0.3, 0.4) is 0 Å². The molecule has 0 radical (unpaired) electrons. The molecule has 1 aliphatic carbocycles. The van der Waals surface area contributed by atoms with E-state index in [2.05, 4.69) is 0 Å². The number of Topliss-reactive ketones (excluding diaryl/α,β-unsaturated/α-hetero) is 1. The zero-order valence-electron chi connectivity index (χ0n) is 12.7. The van der Waals surface area contributed by atoms with Gasteiger partial charge >= 0.3 is 0 Å². The van der Waals surface area contributed by atoms with E-state index in [-0.39, 0.29) is 16.6 Å². The number of rotatable bonds is 5. The molecule has 0 aromatic heterocycles. The van der Waals surface area contributed by atoms with E-state index in [0.717, 1.165) is 31.2 Å². The second-order valence-electron chi connectivity index (χ2n) is 5.91. The molecule has 2 rings (SSSR count). The Hall–Kier alpha value is -1.20. The molecule has 1 aromatic carbocycles. The fourth-order valence-electron chi connectivity index (χ4n) is 2.80. The Labute approximate surface area is 127 Å². The van der Waals surface area contributed by atoms with Crippen molar-refractivity contribution in [3.8, 4) is 0 Å². The summed E-state index contributed by atoms with van der Waals surface area (Å²) in [5.41, 5.74) is 0.786. The summed E-state index contributed by atoms with van der Waals surface area (Å²) < 4.78 is 25.4. The van der Waals surface area contributed by atoms with Crippen molar-refractivity contribution in [1.29, 1.82) is 0 Å². The predicted octanol–water partition coefficient (Wildman–Crippen LogP) is 2.63. The summed E-state index contributed by atoms with van der Waals surface area (Å²) in [6, 6.07) is 6.73. The SMILES string of the molecule is CN(C)S(=O)(=O)c1cccc(CC(=O)C2CCCCC2)c1. The lowest BCUT2D eigenvalue weighted by molar-refractivity contribution is -0.123. The topological polar surface area (TPSA) is 54.5 Å². The zero-order valence-corrected chi connectivity index (χ0v) is 13.5. The third-order valence-corrected chi connectivity index (χ3v) is 5.93. The maximum Gasteiger partial charge on any atom is 0.242 e. The highest BCUT2D eigenvalue weighted by Gasteiger charge is 2.22. The molecule has 1 saturated carbocycles. The third-order valence-electron chi connectivity index (χ3n) is 4.12. The molecular weight excluding hydrogens is 286 g/mol. The summed E-state index contributed by atoms with van der Waals surface area (Å²) in [6.45, 7) is 0. The van der Waals surface area contributed by atoms with Crippen LogP contribution in [0.5, 0.6) is 0 Å². The summed E-state index contributed by atoms with van der Waals surface area (Å²) >= 11 is 0. The maximum absolute atomic E-state index is 12.3. The summed E-state index contributed by atoms with van der Waals surface area (Å²) in [4.78, 5) is 12.6. The average Bonchev–Trinajstić information content (AvgIpc) is 2.48. The minimum absolute atomic E-state index is 0.160. The molecular formula is C16H23NO3S. The Morgan fingerprint density at radius 3 is 2.48 bits per heavy atom. The summed E-state index contributed by atoms with van der Waals surface area (Å²) in [5.74, 6) is 0.405. The van der Waals surface area contributed by atoms with Crippen LogP contribution >= 0.6 is 0 Å². The van der Waals surface area contributed by atoms with Gasteiger partial charge in [0.2, 0.25) is 10.0 Å². The van der Waals surface area contributed by atoms with Crippen LogP contribution in [-0.2, 0) is 21.2 Å². The fraction of sp³-hybridized carbons (Fsp3) is 0.562. The molecule has 0 aliphatic heterocycles. The van der Waals surface area contributed by atoms with Crippen molar-refractivity contribution >= 4 is 15.8 Å². The van der Waals surface area contributed by atoms with E-state index in [1.54, 1.807) is 18.2 Å². The van der Waals surface area contributed by atoms with Crippen molar-refractivity contribution in [2.24, 2.45) is 5.92 Å². The number of carbonyl (C=O) groups is 1. The molecule has 0 spiro atoms. The maximum atomic E-state index is 12.3. The molecule has 5 heteroatoms. The first-order chi connectivity index (χ1) is 9.91. The van der Waals surface area contributed by atoms with Gasteiger partial charge in [-0.15, -0.1) is 0 Å². The zero-order chi connectivity index (χ0) is 15.5. The molecule has 0 unspecified atom stereocenters. The molecule has 4 nitrogen and oxygen atoms in total. The molecule has 1 aromatic rings. The number of carbonyl (C=O) groups excluding carboxylic acids is 1. The van der Waals surface area contributed by atoms with Crippen molar-refractivity contribution in [3.63, 3.8) is 0 Å². The monoisotopic (exact) mass is 309 g/mol. The molecule has 116 valence electrons. The Balaban J connectivity index is 2.13. The van der Waals surface area contributed by atoms with Crippen LogP contribution in [0.1, 0.15) is 37.7 Å². The van der Waals surface area contributed by atoms with Crippen molar-refractivity contribution in [3.05, 3.63) is 29.8 Å². The van der Waals surface area contributed by atoms with Gasteiger partial charge in [0.25, 0.3) is 0 Å². The van der Waals surface area contributed by atoms with E-state index in [9.17, 15) is 13.2 Å². The lowest BCUT2D eigenvalue weighted by Gasteiger charge is -2.20. The van der Waals surface area contributed by atoms with E-state index < -0.39 is 10.0 Å². The first-order valence-corrected chi connectivity index (χ1v) is 8.89. The standard InChI is InChI=1S/C16H23NO3S/c1-17(2)21(19,20)15-10-6-7-13(11-15)12-16(18)14-8-4-3-5-9-14/h6-7,10-11,14H,3-5,8-9,12H2,1-2H3. The number of sulfonamides is 1. The van der Waals surface area contributed by atoms with Gasteiger partial charge in [0.1, 0.15) is 5.78 Å². The molecule has 0 N–H and O–H groups in total. The van der Waals surface area contributed by atoms with Gasteiger partial charge in [-0.25, -0.2) is 12.7 Å². The molecule has 0 amide bonds. The van der Waals surface area contributed by atoms with E-state index in [1.165, 1.54) is 24.8 Å². The third kappa shape index (κ3) is 3.92. The van der Waals surface area contributed by atoms with Crippen molar-refractivity contribution in [2.45, 2.75) is 43.4 Å². The highest BCUT2D eigenvalue weighted by atomic mass is 32.2. The fourth-order valence-corrected chi connectivity index (χ4v) is 3.77. The lowest BCUT2D eigenvalue weighted by atomic mass is 9.84. The van der Waals surface area contributed by atoms with Crippen LogP contribution in [0.4, 0.5) is 0 Å². The molecule has 0 bridgehead atoms. The van der Waals surface area contributed by atoms with Crippen LogP contribution in [0, 0.1) is 5.92 Å². The summed E-state index contributed by atoms with van der Waals surface area (Å²) in [5, 5.41) is 0. The smallest absolute Gasteiger partial charge is 0.242 e. The average molecular weight is 309 g/mol. The van der Waals surface area contributed by atoms with Gasteiger partial charge in [-0.05, 0) is 30.5 Å². The van der Waals surface area contributed by atoms with Crippen LogP contribution in [-0.4, -0.2) is 32.6 Å². The first kappa shape index (κ1) is 16.2. The Morgan fingerprint density at radius 1 is 1.19 bits per heavy atom. The van der Waals surface area contributed by atoms with Crippen LogP contribution in [0.15, 0.2) is 29.2 Å². The van der Waals surface area contributed by atoms with Gasteiger partial charge < -0.3 is 0 Å². The Morgan fingerprint density at radius 2 is 1.86 bits per heavy atom. The molecule has 21 heavy (non-hydrogen) atoms. The van der Waals surface area contributed by atoms with Crippen molar-refractivity contribution in [2.75, 3.05) is 14.1 Å². The first-order valence-electron chi connectivity index (χ1n) is 7.45. The quantitative estimate of drug-likeness (QED) is 0.840. The van der Waals surface area contributed by atoms with Crippen molar-refractivity contribution in [1.82, 2.24) is 4.31 Å². The normalized spacial score (nSPS) is 17.1. The summed E-state index contributed by atoms with van der Waals surface area (Å²) in [7, 11) is -0.420. The van der Waals surface area contributed by atoms with Gasteiger partial charge in [0, 0.05) is 26.4 Å². The Kier molecular flexibility index (Phi) is 5.17. The largest absolute Gasteiger partial charge is 0.299 e. The van der Waals surface area contributed by atoms with E-state index in [1.807, 2.05) is 6.07 Å². The molecule has 1 fully saturated rings. The van der Waals surface area contributed by atoms with E-state index in [4.69, 9.17) is 0 Å². The van der Waals surface area contributed by atoms with Gasteiger partial charge in [-0.1, -0.05) is 31.4 Å². The molecule has 1 aliphatic rings. The van der Waals surface area contributed by atoms with Crippen LogP contribution in [0.25, 0.3) is 0 Å². The van der Waals surface area contributed by atoms with Gasteiger partial charge in [0.05, 0.1) is 4.90 Å². The minimum Gasteiger partial charge on any atom is -0.299 e. The summed E-state index contributed by atoms with van der Waals surface area (Å²) in [6.07, 6.45) is 5.78. The van der Waals surface area contributed by atoms with Gasteiger partial charge in [0.15, 0.2) is 0 Å². The second-order valence-corrected chi connectivity index (χ2v) is 8.06. The minimum atomic E-state index is -3.44. The van der Waals surface area contributed by atoms with Crippen LogP contribution < -0.4 is 0 Å². The van der Waals surface area contributed by atoms with E-state index in [0.29, 0.717) is 6.42 Å². The number of ketones is 1. The number of hydrogen-bond acceptors (Lipinski definition) is 3. The number of nitrogens with zero attached hydrogens (tertiary/aromatic N) is 1. The van der Waals surface area contributed by atoms with Crippen LogP contribution in [0.2, 0.25) is 0 Å².